The molecule has 0 atom stereocenters. The number of benzene rings is 1. The van der Waals surface area contributed by atoms with Crippen molar-refractivity contribution in [2.75, 3.05) is 39.3 Å². The van der Waals surface area contributed by atoms with Gasteiger partial charge in [-0.25, -0.2) is 8.78 Å². The average molecular weight is 337 g/mol. The zero-order valence-electron chi connectivity index (χ0n) is 13.5. The highest BCUT2D eigenvalue weighted by Crippen LogP contribution is 2.15. The van der Waals surface area contributed by atoms with E-state index in [0.717, 1.165) is 32.2 Å². The van der Waals surface area contributed by atoms with E-state index in [9.17, 15) is 18.4 Å². The van der Waals surface area contributed by atoms with E-state index in [0.29, 0.717) is 38.0 Å². The fourth-order valence-corrected chi connectivity index (χ4v) is 3.20. The fourth-order valence-electron chi connectivity index (χ4n) is 3.20. The maximum atomic E-state index is 13.7. The molecule has 0 radical (unpaired) electrons. The molecule has 2 heterocycles. The summed E-state index contributed by atoms with van der Waals surface area (Å²) in [5.41, 5.74) is 0.372. The zero-order chi connectivity index (χ0) is 17.1. The smallest absolute Gasteiger partial charge is 0.229 e. The molecule has 0 unspecified atom stereocenters. The number of nitrogens with zero attached hydrogens (tertiary/aromatic N) is 3. The first kappa shape index (κ1) is 17.0. The van der Waals surface area contributed by atoms with Crippen LogP contribution in [0, 0.1) is 11.6 Å². The van der Waals surface area contributed by atoms with Crippen LogP contribution in [0.2, 0.25) is 0 Å². The van der Waals surface area contributed by atoms with Crippen molar-refractivity contribution in [3.8, 4) is 0 Å². The highest BCUT2D eigenvalue weighted by molar-refractivity contribution is 6.01. The van der Waals surface area contributed by atoms with Gasteiger partial charge in [-0.15, -0.1) is 0 Å². The van der Waals surface area contributed by atoms with Gasteiger partial charge in [-0.1, -0.05) is 12.1 Å². The molecule has 2 aliphatic rings. The molecule has 0 saturated carbocycles. The normalized spacial score (nSPS) is 20.2. The molecule has 0 aromatic heterocycles. The van der Waals surface area contributed by atoms with Crippen molar-refractivity contribution in [1.29, 1.82) is 0 Å². The summed E-state index contributed by atoms with van der Waals surface area (Å²) in [6, 6.07) is 4.25. The van der Waals surface area contributed by atoms with Gasteiger partial charge in [0.2, 0.25) is 11.8 Å². The first-order valence-corrected chi connectivity index (χ1v) is 8.25. The van der Waals surface area contributed by atoms with Crippen LogP contribution in [0.3, 0.4) is 0 Å². The van der Waals surface area contributed by atoms with Crippen molar-refractivity contribution < 1.29 is 18.4 Å². The quantitative estimate of drug-likeness (QED) is 0.758. The molecule has 0 spiro atoms. The Morgan fingerprint density at radius 3 is 2.17 bits per heavy atom. The summed E-state index contributed by atoms with van der Waals surface area (Å²) in [6.45, 7) is 4.56. The minimum Gasteiger partial charge on any atom is -0.299 e. The van der Waals surface area contributed by atoms with Crippen molar-refractivity contribution in [3.63, 3.8) is 0 Å². The topological polar surface area (TPSA) is 43.9 Å². The molecular weight excluding hydrogens is 316 g/mol. The summed E-state index contributed by atoms with van der Waals surface area (Å²) in [4.78, 5) is 28.8. The first-order chi connectivity index (χ1) is 11.5. The van der Waals surface area contributed by atoms with Crippen LogP contribution < -0.4 is 0 Å². The third-order valence-electron chi connectivity index (χ3n) is 4.69. The monoisotopic (exact) mass is 337 g/mol. The largest absolute Gasteiger partial charge is 0.299 e. The van der Waals surface area contributed by atoms with Gasteiger partial charge in [0.15, 0.2) is 11.6 Å². The molecule has 0 bridgehead atoms. The standard InChI is InChI=1S/C17H21F2N3O2/c18-14-3-1-2-13(17(14)19)12-21-8-6-20(7-9-21)10-11-22-15(23)4-5-16(22)24/h1-3H,4-12H2. The van der Waals surface area contributed by atoms with Gasteiger partial charge in [-0.05, 0) is 6.07 Å². The molecule has 2 fully saturated rings. The minimum atomic E-state index is -0.814. The number of hydrogen-bond acceptors (Lipinski definition) is 4. The van der Waals surface area contributed by atoms with Crippen LogP contribution in [-0.2, 0) is 16.1 Å². The summed E-state index contributed by atoms with van der Waals surface area (Å²) in [5.74, 6) is -1.75. The van der Waals surface area contributed by atoms with Crippen LogP contribution in [0.15, 0.2) is 18.2 Å². The highest BCUT2D eigenvalue weighted by Gasteiger charge is 2.29. The lowest BCUT2D eigenvalue weighted by atomic mass is 10.1. The molecule has 7 heteroatoms. The van der Waals surface area contributed by atoms with Crippen molar-refractivity contribution in [2.24, 2.45) is 0 Å². The maximum Gasteiger partial charge on any atom is 0.229 e. The van der Waals surface area contributed by atoms with Crippen LogP contribution in [0.5, 0.6) is 0 Å². The van der Waals surface area contributed by atoms with Crippen LogP contribution in [0.25, 0.3) is 0 Å². The van der Waals surface area contributed by atoms with Gasteiger partial charge in [0.1, 0.15) is 0 Å². The lowest BCUT2D eigenvalue weighted by molar-refractivity contribution is -0.138. The molecule has 0 aliphatic carbocycles. The molecule has 130 valence electrons. The predicted molar refractivity (Wildman–Crippen MR) is 84.0 cm³/mol. The number of carbonyl (C=O) groups is 2. The van der Waals surface area contributed by atoms with E-state index in [1.165, 1.54) is 11.0 Å². The summed E-state index contributed by atoms with van der Waals surface area (Å²) in [7, 11) is 0. The number of piperazine rings is 1. The number of hydrogen-bond donors (Lipinski definition) is 0. The van der Waals surface area contributed by atoms with Gasteiger partial charge < -0.3 is 0 Å². The van der Waals surface area contributed by atoms with E-state index in [1.54, 1.807) is 6.07 Å². The van der Waals surface area contributed by atoms with Gasteiger partial charge >= 0.3 is 0 Å². The summed E-state index contributed by atoms with van der Waals surface area (Å²) >= 11 is 0. The molecule has 3 rings (SSSR count). The Labute approximate surface area is 139 Å². The van der Waals surface area contributed by atoms with Crippen molar-refractivity contribution in [2.45, 2.75) is 19.4 Å². The predicted octanol–water partition coefficient (Wildman–Crippen LogP) is 1.23. The van der Waals surface area contributed by atoms with E-state index in [-0.39, 0.29) is 11.8 Å². The Kier molecular flexibility index (Phi) is 5.20. The van der Waals surface area contributed by atoms with Crippen LogP contribution >= 0.6 is 0 Å². The third-order valence-corrected chi connectivity index (χ3v) is 4.69. The van der Waals surface area contributed by atoms with Crippen LogP contribution in [0.4, 0.5) is 8.78 Å². The molecule has 0 N–H and O–H groups in total. The second-order valence-corrected chi connectivity index (χ2v) is 6.27. The Morgan fingerprint density at radius 1 is 0.875 bits per heavy atom. The van der Waals surface area contributed by atoms with Crippen molar-refractivity contribution in [1.82, 2.24) is 14.7 Å². The summed E-state index contributed by atoms with van der Waals surface area (Å²) in [5, 5.41) is 0. The van der Waals surface area contributed by atoms with E-state index >= 15 is 0 Å². The van der Waals surface area contributed by atoms with Gasteiger partial charge in [0, 0.05) is 64.2 Å². The van der Waals surface area contributed by atoms with Crippen LogP contribution in [0.1, 0.15) is 18.4 Å². The van der Waals surface area contributed by atoms with Crippen molar-refractivity contribution in [3.05, 3.63) is 35.4 Å². The number of halogens is 2. The summed E-state index contributed by atoms with van der Waals surface area (Å²) < 4.78 is 27.0. The first-order valence-electron chi connectivity index (χ1n) is 8.25. The molecule has 24 heavy (non-hydrogen) atoms. The Balaban J connectivity index is 1.45. The molecular formula is C17H21F2N3O2. The van der Waals surface area contributed by atoms with Gasteiger partial charge in [-0.2, -0.15) is 0 Å². The number of imide groups is 1. The Hall–Kier alpha value is -1.86. The molecule has 2 aliphatic heterocycles. The molecule has 2 amide bonds. The average Bonchev–Trinajstić information content (AvgIpc) is 2.90. The Bertz CT molecular complexity index is 614. The molecule has 1 aromatic carbocycles. The summed E-state index contributed by atoms with van der Waals surface area (Å²) in [6.07, 6.45) is 0.650. The molecule has 1 aromatic rings. The second-order valence-electron chi connectivity index (χ2n) is 6.27. The van der Waals surface area contributed by atoms with E-state index in [2.05, 4.69) is 9.80 Å². The minimum absolute atomic E-state index is 0.0831. The number of carbonyl (C=O) groups excluding carboxylic acids is 2. The second kappa shape index (κ2) is 7.36. The molecule has 2 saturated heterocycles. The zero-order valence-corrected chi connectivity index (χ0v) is 13.5. The number of amides is 2. The van der Waals surface area contributed by atoms with E-state index in [1.807, 2.05) is 0 Å². The molecule has 5 nitrogen and oxygen atoms in total. The lowest BCUT2D eigenvalue weighted by Crippen LogP contribution is -2.48. The van der Waals surface area contributed by atoms with Gasteiger partial charge in [-0.3, -0.25) is 24.3 Å². The SMILES string of the molecule is O=C1CCC(=O)N1CCN1CCN(Cc2cccc(F)c2F)CC1. The maximum absolute atomic E-state index is 13.7. The van der Waals surface area contributed by atoms with E-state index < -0.39 is 11.6 Å². The van der Waals surface area contributed by atoms with Crippen molar-refractivity contribution >= 4 is 11.8 Å². The van der Waals surface area contributed by atoms with E-state index in [4.69, 9.17) is 0 Å². The Morgan fingerprint density at radius 2 is 1.50 bits per heavy atom. The van der Waals surface area contributed by atoms with Crippen LogP contribution in [-0.4, -0.2) is 65.8 Å². The highest BCUT2D eigenvalue weighted by atomic mass is 19.2. The third kappa shape index (κ3) is 3.79. The van der Waals surface area contributed by atoms with Gasteiger partial charge in [0.25, 0.3) is 0 Å². The van der Waals surface area contributed by atoms with Gasteiger partial charge in [0.05, 0.1) is 0 Å². The fraction of sp³-hybridized carbons (Fsp3) is 0.529. The number of likely N-dealkylation sites (tertiary alicyclic amines) is 1. The lowest BCUT2D eigenvalue weighted by Gasteiger charge is -2.35. The number of rotatable bonds is 5.